The molecule has 220 valence electrons. The van der Waals surface area contributed by atoms with Crippen LogP contribution < -0.4 is 9.62 Å². The van der Waals surface area contributed by atoms with Gasteiger partial charge in [-0.25, -0.2) is 8.42 Å². The second-order valence-corrected chi connectivity index (χ2v) is 13.9. The highest BCUT2D eigenvalue weighted by Crippen LogP contribution is 2.30. The Morgan fingerprint density at radius 3 is 1.93 bits per heavy atom. The number of amides is 2. The van der Waals surface area contributed by atoms with Crippen LogP contribution >= 0.6 is 23.2 Å². The Labute approximate surface area is 253 Å². The van der Waals surface area contributed by atoms with Crippen molar-refractivity contribution in [1.29, 1.82) is 0 Å². The first kappa shape index (κ1) is 32.4. The van der Waals surface area contributed by atoms with Crippen LogP contribution in [0.25, 0.3) is 0 Å². The van der Waals surface area contributed by atoms with Gasteiger partial charge in [0.05, 0.1) is 11.9 Å². The van der Waals surface area contributed by atoms with Gasteiger partial charge in [0, 0.05) is 34.1 Å². The standard InChI is InChI=1S/C31H37Cl2N3O4S/c1-21-12-10-13-22(2)29(21)36(41(6,39)40)20-28(37)35(19-24-25(32)16-11-17-26(24)33)27(30(38)34-31(3,4)5)18-23-14-8-7-9-15-23/h7-17,27H,18-20H2,1-6H3,(H,34,38)/t27-/m0/s1. The number of hydrogen-bond acceptors (Lipinski definition) is 4. The van der Waals surface area contributed by atoms with Crippen LogP contribution in [-0.4, -0.2) is 49.5 Å². The summed E-state index contributed by atoms with van der Waals surface area (Å²) in [4.78, 5) is 29.5. The first-order valence-electron chi connectivity index (χ1n) is 13.2. The molecule has 10 heteroatoms. The highest BCUT2D eigenvalue weighted by atomic mass is 35.5. The summed E-state index contributed by atoms with van der Waals surface area (Å²) in [6.45, 7) is 8.54. The van der Waals surface area contributed by atoms with Gasteiger partial charge in [-0.15, -0.1) is 0 Å². The highest BCUT2D eigenvalue weighted by molar-refractivity contribution is 7.92. The Balaban J connectivity index is 2.16. The molecule has 3 aromatic rings. The average Bonchev–Trinajstić information content (AvgIpc) is 2.85. The Bertz CT molecular complexity index is 1460. The molecule has 0 aliphatic carbocycles. The number of hydrogen-bond donors (Lipinski definition) is 1. The summed E-state index contributed by atoms with van der Waals surface area (Å²) in [6.07, 6.45) is 1.26. The van der Waals surface area contributed by atoms with Crippen molar-refractivity contribution in [1.82, 2.24) is 10.2 Å². The number of benzene rings is 3. The van der Waals surface area contributed by atoms with Crippen LogP contribution in [0.15, 0.2) is 66.7 Å². The van der Waals surface area contributed by atoms with Gasteiger partial charge in [-0.05, 0) is 63.4 Å². The number of nitrogens with one attached hydrogen (secondary N) is 1. The summed E-state index contributed by atoms with van der Waals surface area (Å²) < 4.78 is 27.3. The number of halogens is 2. The van der Waals surface area contributed by atoms with Crippen molar-refractivity contribution in [3.05, 3.63) is 99.0 Å². The number of anilines is 1. The molecule has 3 aromatic carbocycles. The van der Waals surface area contributed by atoms with Crippen molar-refractivity contribution in [2.24, 2.45) is 0 Å². The molecule has 0 aromatic heterocycles. The summed E-state index contributed by atoms with van der Waals surface area (Å²) in [5.41, 5.74) is 2.55. The Morgan fingerprint density at radius 1 is 0.878 bits per heavy atom. The van der Waals surface area contributed by atoms with E-state index in [9.17, 15) is 18.0 Å². The molecular formula is C31H37Cl2N3O4S. The molecule has 3 rings (SSSR count). The molecule has 0 aliphatic heterocycles. The van der Waals surface area contributed by atoms with Gasteiger partial charge in [-0.2, -0.15) is 0 Å². The van der Waals surface area contributed by atoms with Crippen LogP contribution in [-0.2, 0) is 32.6 Å². The molecule has 0 saturated carbocycles. The van der Waals surface area contributed by atoms with E-state index in [4.69, 9.17) is 23.2 Å². The molecule has 0 aliphatic rings. The van der Waals surface area contributed by atoms with Gasteiger partial charge in [0.15, 0.2) is 0 Å². The van der Waals surface area contributed by atoms with Gasteiger partial charge in [0.25, 0.3) is 0 Å². The second-order valence-electron chi connectivity index (χ2n) is 11.2. The van der Waals surface area contributed by atoms with Gasteiger partial charge < -0.3 is 10.2 Å². The minimum absolute atomic E-state index is 0.100. The maximum atomic E-state index is 14.3. The number of sulfonamides is 1. The van der Waals surface area contributed by atoms with E-state index in [0.29, 0.717) is 32.4 Å². The molecule has 1 atom stereocenters. The lowest BCUT2D eigenvalue weighted by Crippen LogP contribution is -2.56. The number of nitrogens with zero attached hydrogens (tertiary/aromatic N) is 2. The SMILES string of the molecule is Cc1cccc(C)c1N(CC(=O)N(Cc1c(Cl)cccc1Cl)[C@@H](Cc1ccccc1)C(=O)NC(C)(C)C)S(C)(=O)=O. The summed E-state index contributed by atoms with van der Waals surface area (Å²) in [7, 11) is -3.88. The van der Waals surface area contributed by atoms with Gasteiger partial charge in [-0.1, -0.05) is 77.8 Å². The molecule has 1 N–H and O–H groups in total. The van der Waals surface area contributed by atoms with Crippen molar-refractivity contribution in [2.75, 3.05) is 17.1 Å². The third-order valence-corrected chi connectivity index (χ3v) is 8.35. The number of rotatable bonds is 10. The van der Waals surface area contributed by atoms with E-state index in [2.05, 4.69) is 5.32 Å². The predicted octanol–water partition coefficient (Wildman–Crippen LogP) is 5.93. The summed E-state index contributed by atoms with van der Waals surface area (Å²) in [5.74, 6) is -0.949. The van der Waals surface area contributed by atoms with Gasteiger partial charge in [0.2, 0.25) is 21.8 Å². The minimum Gasteiger partial charge on any atom is -0.350 e. The summed E-state index contributed by atoms with van der Waals surface area (Å²) >= 11 is 13.0. The lowest BCUT2D eigenvalue weighted by atomic mass is 10.0. The Kier molecular flexibility index (Phi) is 10.5. The van der Waals surface area contributed by atoms with Gasteiger partial charge in [-0.3, -0.25) is 13.9 Å². The van der Waals surface area contributed by atoms with Crippen LogP contribution in [0.5, 0.6) is 0 Å². The first-order valence-corrected chi connectivity index (χ1v) is 15.8. The first-order chi connectivity index (χ1) is 19.1. The zero-order valence-electron chi connectivity index (χ0n) is 24.2. The topological polar surface area (TPSA) is 86.8 Å². The molecule has 0 spiro atoms. The lowest BCUT2D eigenvalue weighted by Gasteiger charge is -2.35. The van der Waals surface area contributed by atoms with Crippen molar-refractivity contribution in [2.45, 2.75) is 59.2 Å². The highest BCUT2D eigenvalue weighted by Gasteiger charge is 2.35. The monoisotopic (exact) mass is 617 g/mol. The Morgan fingerprint density at radius 2 is 1.41 bits per heavy atom. The largest absolute Gasteiger partial charge is 0.350 e. The third-order valence-electron chi connectivity index (χ3n) is 6.53. The average molecular weight is 619 g/mol. The van der Waals surface area contributed by atoms with Gasteiger partial charge in [0.1, 0.15) is 12.6 Å². The van der Waals surface area contributed by atoms with E-state index in [1.165, 1.54) is 4.90 Å². The number of para-hydroxylation sites is 1. The van der Waals surface area contributed by atoms with Crippen LogP contribution in [0, 0.1) is 13.8 Å². The smallest absolute Gasteiger partial charge is 0.244 e. The summed E-state index contributed by atoms with van der Waals surface area (Å²) in [5, 5.41) is 3.66. The minimum atomic E-state index is -3.88. The molecule has 0 fully saturated rings. The molecular weight excluding hydrogens is 581 g/mol. The van der Waals surface area contributed by atoms with Crippen molar-refractivity contribution in [3.8, 4) is 0 Å². The maximum absolute atomic E-state index is 14.3. The lowest BCUT2D eigenvalue weighted by molar-refractivity contribution is -0.140. The quantitative estimate of drug-likeness (QED) is 0.305. The number of aryl methyl sites for hydroxylation is 2. The number of carbonyl (C=O) groups is 2. The molecule has 0 bridgehead atoms. The fraction of sp³-hybridized carbons (Fsp3) is 0.355. The molecule has 0 saturated heterocycles. The number of carbonyl (C=O) groups excluding carboxylic acids is 2. The zero-order chi connectivity index (χ0) is 30.5. The van der Waals surface area contributed by atoms with Crippen LogP contribution in [0.1, 0.15) is 43.0 Å². The predicted molar refractivity (Wildman–Crippen MR) is 167 cm³/mol. The van der Waals surface area contributed by atoms with E-state index < -0.39 is 34.1 Å². The molecule has 0 heterocycles. The van der Waals surface area contributed by atoms with E-state index in [-0.39, 0.29) is 18.9 Å². The fourth-order valence-electron chi connectivity index (χ4n) is 4.64. The normalized spacial score (nSPS) is 12.5. The molecule has 2 amide bonds. The van der Waals surface area contributed by atoms with E-state index in [1.54, 1.807) is 44.2 Å². The second kappa shape index (κ2) is 13.3. The molecule has 41 heavy (non-hydrogen) atoms. The zero-order valence-corrected chi connectivity index (χ0v) is 26.6. The van der Waals surface area contributed by atoms with Gasteiger partial charge >= 0.3 is 0 Å². The maximum Gasteiger partial charge on any atom is 0.244 e. The third kappa shape index (κ3) is 8.71. The Hall–Kier alpha value is -3.07. The van der Waals surface area contributed by atoms with E-state index in [1.807, 2.05) is 57.2 Å². The summed E-state index contributed by atoms with van der Waals surface area (Å²) in [6, 6.07) is 18.8. The fourth-order valence-corrected chi connectivity index (χ4v) is 6.12. The van der Waals surface area contributed by atoms with Crippen molar-refractivity contribution in [3.63, 3.8) is 0 Å². The molecule has 7 nitrogen and oxygen atoms in total. The molecule has 0 radical (unpaired) electrons. The van der Waals surface area contributed by atoms with Crippen LogP contribution in [0.3, 0.4) is 0 Å². The van der Waals surface area contributed by atoms with Crippen molar-refractivity contribution < 1.29 is 18.0 Å². The van der Waals surface area contributed by atoms with Crippen LogP contribution in [0.4, 0.5) is 5.69 Å². The van der Waals surface area contributed by atoms with E-state index >= 15 is 0 Å². The van der Waals surface area contributed by atoms with Crippen LogP contribution in [0.2, 0.25) is 10.0 Å². The van der Waals surface area contributed by atoms with Crippen molar-refractivity contribution >= 4 is 50.7 Å². The van der Waals surface area contributed by atoms with E-state index in [0.717, 1.165) is 16.1 Å². The molecule has 0 unspecified atom stereocenters.